The van der Waals surface area contributed by atoms with Crippen molar-refractivity contribution < 1.29 is 19.1 Å². The molecule has 1 aliphatic rings. The largest absolute Gasteiger partial charge is 0.486 e. The van der Waals surface area contributed by atoms with Crippen molar-refractivity contribution in [2.45, 2.75) is 13.5 Å². The number of aryl methyl sites for hydroxylation is 1. The lowest BCUT2D eigenvalue weighted by Gasteiger charge is -2.20. The van der Waals surface area contributed by atoms with E-state index in [1.165, 1.54) is 4.90 Å². The molecular weight excluding hydrogens is 432 g/mol. The van der Waals surface area contributed by atoms with E-state index < -0.39 is 0 Å². The second kappa shape index (κ2) is 9.32. The Morgan fingerprint density at radius 3 is 2.59 bits per heavy atom. The van der Waals surface area contributed by atoms with Gasteiger partial charge < -0.3 is 19.7 Å². The zero-order chi connectivity index (χ0) is 22.7. The lowest BCUT2D eigenvalue weighted by molar-refractivity contribution is -0.116. The number of hydrogen-bond acceptors (Lipinski definition) is 5. The van der Waals surface area contributed by atoms with Crippen molar-refractivity contribution in [1.29, 1.82) is 0 Å². The topological polar surface area (TPSA) is 85.7 Å². The Bertz CT molecular complexity index is 1150. The number of ether oxygens (including phenoxy) is 2. The van der Waals surface area contributed by atoms with Gasteiger partial charge in [0, 0.05) is 18.8 Å². The summed E-state index contributed by atoms with van der Waals surface area (Å²) in [6.07, 6.45) is 0. The van der Waals surface area contributed by atoms with Crippen LogP contribution in [0.2, 0.25) is 5.15 Å². The Balaban J connectivity index is 1.42. The third kappa shape index (κ3) is 4.70. The van der Waals surface area contributed by atoms with Crippen LogP contribution < -0.4 is 14.8 Å². The third-order valence-electron chi connectivity index (χ3n) is 5.01. The molecular formula is C23H23ClN4O4. The molecule has 0 saturated carbocycles. The van der Waals surface area contributed by atoms with Crippen LogP contribution in [0.25, 0.3) is 0 Å². The van der Waals surface area contributed by atoms with Gasteiger partial charge in [0.1, 0.15) is 18.4 Å². The molecule has 0 bridgehead atoms. The number of benzene rings is 2. The first-order chi connectivity index (χ1) is 15.4. The summed E-state index contributed by atoms with van der Waals surface area (Å²) in [5.41, 5.74) is 2.38. The smallest absolute Gasteiger partial charge is 0.259 e. The molecule has 3 aromatic rings. The van der Waals surface area contributed by atoms with Crippen LogP contribution in [-0.4, -0.2) is 53.3 Å². The molecule has 0 radical (unpaired) electrons. The molecule has 1 N–H and O–H groups in total. The van der Waals surface area contributed by atoms with Crippen LogP contribution in [0.15, 0.2) is 48.5 Å². The van der Waals surface area contributed by atoms with Crippen LogP contribution in [0.5, 0.6) is 11.5 Å². The average molecular weight is 455 g/mol. The number of carbonyl (C=O) groups excluding carboxylic acids is 2. The van der Waals surface area contributed by atoms with E-state index in [0.29, 0.717) is 42.6 Å². The van der Waals surface area contributed by atoms with Crippen molar-refractivity contribution in [3.05, 3.63) is 70.5 Å². The number of fused-ring (bicyclic) bond motifs is 1. The number of rotatable bonds is 6. The highest BCUT2D eigenvalue weighted by Crippen LogP contribution is 2.32. The summed E-state index contributed by atoms with van der Waals surface area (Å²) in [7, 11) is 1.55. The third-order valence-corrected chi connectivity index (χ3v) is 5.39. The predicted molar refractivity (Wildman–Crippen MR) is 121 cm³/mol. The molecule has 0 saturated heterocycles. The lowest BCUT2D eigenvalue weighted by atomic mass is 10.2. The second-order valence-corrected chi connectivity index (χ2v) is 7.82. The Kier molecular flexibility index (Phi) is 6.32. The number of halogens is 1. The molecule has 0 spiro atoms. The molecule has 0 atom stereocenters. The molecule has 32 heavy (non-hydrogen) atoms. The molecule has 2 heterocycles. The normalized spacial score (nSPS) is 12.3. The van der Waals surface area contributed by atoms with Gasteiger partial charge in [0.2, 0.25) is 5.91 Å². The first-order valence-electron chi connectivity index (χ1n) is 10.1. The minimum Gasteiger partial charge on any atom is -0.486 e. The van der Waals surface area contributed by atoms with Crippen molar-refractivity contribution in [3.8, 4) is 11.5 Å². The van der Waals surface area contributed by atoms with Crippen LogP contribution in [-0.2, 0) is 11.3 Å². The maximum Gasteiger partial charge on any atom is 0.259 e. The summed E-state index contributed by atoms with van der Waals surface area (Å²) in [5.74, 6) is 0.498. The van der Waals surface area contributed by atoms with Crippen LogP contribution in [0, 0.1) is 6.92 Å². The van der Waals surface area contributed by atoms with Crippen LogP contribution in [0.3, 0.4) is 0 Å². The lowest BCUT2D eigenvalue weighted by Crippen LogP contribution is -2.35. The highest BCUT2D eigenvalue weighted by atomic mass is 35.5. The minimum atomic E-state index is -0.371. The monoisotopic (exact) mass is 454 g/mol. The summed E-state index contributed by atoms with van der Waals surface area (Å²) in [4.78, 5) is 26.8. The van der Waals surface area contributed by atoms with Gasteiger partial charge >= 0.3 is 0 Å². The van der Waals surface area contributed by atoms with Crippen molar-refractivity contribution in [3.63, 3.8) is 0 Å². The van der Waals surface area contributed by atoms with E-state index in [1.54, 1.807) is 36.9 Å². The van der Waals surface area contributed by atoms with Gasteiger partial charge in [-0.2, -0.15) is 5.10 Å². The fraction of sp³-hybridized carbons (Fsp3) is 0.261. The molecule has 166 valence electrons. The van der Waals surface area contributed by atoms with Gasteiger partial charge in [0.05, 0.1) is 24.3 Å². The van der Waals surface area contributed by atoms with E-state index >= 15 is 0 Å². The summed E-state index contributed by atoms with van der Waals surface area (Å²) in [6.45, 7) is 2.98. The first-order valence-corrected chi connectivity index (χ1v) is 10.5. The van der Waals surface area contributed by atoms with E-state index in [4.69, 9.17) is 21.1 Å². The molecule has 0 unspecified atom stereocenters. The van der Waals surface area contributed by atoms with E-state index in [1.807, 2.05) is 30.3 Å². The van der Waals surface area contributed by atoms with Crippen molar-refractivity contribution in [2.24, 2.45) is 0 Å². The van der Waals surface area contributed by atoms with E-state index in [2.05, 4.69) is 10.4 Å². The molecule has 2 amide bonds. The fourth-order valence-electron chi connectivity index (χ4n) is 3.46. The van der Waals surface area contributed by atoms with Crippen LogP contribution in [0.1, 0.15) is 21.6 Å². The molecule has 0 fully saturated rings. The Labute approximate surface area is 190 Å². The van der Waals surface area contributed by atoms with Gasteiger partial charge in [-0.15, -0.1) is 0 Å². The molecule has 8 nitrogen and oxygen atoms in total. The molecule has 9 heteroatoms. The number of amides is 2. The van der Waals surface area contributed by atoms with Gasteiger partial charge in [-0.3, -0.25) is 9.59 Å². The number of nitrogens with one attached hydrogen (secondary N) is 1. The first kappa shape index (κ1) is 21.7. The predicted octanol–water partition coefficient (Wildman–Crippen LogP) is 3.38. The SMILES string of the molecule is Cc1nn(Cc2ccccc2)c(Cl)c1C(=O)N(C)CC(=O)Nc1ccc2c(c1)OCCO2. The van der Waals surface area contributed by atoms with Crippen molar-refractivity contribution in [2.75, 3.05) is 32.1 Å². The maximum atomic E-state index is 13.0. The van der Waals surface area contributed by atoms with Gasteiger partial charge in [-0.1, -0.05) is 41.9 Å². The summed E-state index contributed by atoms with van der Waals surface area (Å²) >= 11 is 6.48. The quantitative estimate of drug-likeness (QED) is 0.617. The minimum absolute atomic E-state index is 0.146. The average Bonchev–Trinajstić information content (AvgIpc) is 3.06. The van der Waals surface area contributed by atoms with E-state index in [9.17, 15) is 9.59 Å². The highest BCUT2D eigenvalue weighted by molar-refractivity contribution is 6.33. The van der Waals surface area contributed by atoms with Crippen LogP contribution in [0.4, 0.5) is 5.69 Å². The van der Waals surface area contributed by atoms with E-state index in [-0.39, 0.29) is 29.1 Å². The standard InChI is InChI=1S/C23H23ClN4O4/c1-15-21(22(24)28(26-15)13-16-6-4-3-5-7-16)23(30)27(2)14-20(29)25-17-8-9-18-19(12-17)32-11-10-31-18/h3-9,12H,10-11,13-14H2,1-2H3,(H,25,29). The van der Waals surface area contributed by atoms with Gasteiger partial charge in [0.25, 0.3) is 5.91 Å². The molecule has 0 aliphatic carbocycles. The van der Waals surface area contributed by atoms with Gasteiger partial charge in [-0.25, -0.2) is 4.68 Å². The van der Waals surface area contributed by atoms with Crippen LogP contribution >= 0.6 is 11.6 Å². The highest BCUT2D eigenvalue weighted by Gasteiger charge is 2.24. The van der Waals surface area contributed by atoms with Gasteiger partial charge in [0.15, 0.2) is 11.5 Å². The Morgan fingerprint density at radius 2 is 1.84 bits per heavy atom. The summed E-state index contributed by atoms with van der Waals surface area (Å²) < 4.78 is 12.6. The number of aromatic nitrogens is 2. The zero-order valence-corrected chi connectivity index (χ0v) is 18.6. The number of nitrogens with zero attached hydrogens (tertiary/aromatic N) is 3. The Morgan fingerprint density at radius 1 is 1.12 bits per heavy atom. The fourth-order valence-corrected chi connectivity index (χ4v) is 3.77. The molecule has 1 aromatic heterocycles. The maximum absolute atomic E-state index is 13.0. The molecule has 4 rings (SSSR count). The second-order valence-electron chi connectivity index (χ2n) is 7.46. The summed E-state index contributed by atoms with van der Waals surface area (Å²) in [6, 6.07) is 14.9. The van der Waals surface area contributed by atoms with Crippen molar-refractivity contribution >= 4 is 29.1 Å². The Hall–Kier alpha value is -3.52. The number of anilines is 1. The van der Waals surface area contributed by atoms with E-state index in [0.717, 1.165) is 5.56 Å². The summed E-state index contributed by atoms with van der Waals surface area (Å²) in [5, 5.41) is 7.43. The number of hydrogen-bond donors (Lipinski definition) is 1. The number of likely N-dealkylation sites (N-methyl/N-ethyl adjacent to an activating group) is 1. The number of carbonyl (C=O) groups is 2. The molecule has 1 aliphatic heterocycles. The zero-order valence-electron chi connectivity index (χ0n) is 17.8. The molecule has 2 aromatic carbocycles. The van der Waals surface area contributed by atoms with Crippen molar-refractivity contribution in [1.82, 2.24) is 14.7 Å². The van der Waals surface area contributed by atoms with Gasteiger partial charge in [-0.05, 0) is 24.6 Å².